The maximum atomic E-state index is 12.3. The summed E-state index contributed by atoms with van der Waals surface area (Å²) < 4.78 is 0. The van der Waals surface area contributed by atoms with Crippen LogP contribution in [0.1, 0.15) is 28.5 Å². The third-order valence-corrected chi connectivity index (χ3v) is 3.84. The summed E-state index contributed by atoms with van der Waals surface area (Å²) in [6.45, 7) is 3.50. The molecule has 0 saturated carbocycles. The number of H-pyrrole nitrogens is 1. The molecular weight excluding hydrogens is 288 g/mol. The van der Waals surface area contributed by atoms with E-state index in [1.165, 1.54) is 6.92 Å². The number of benzene rings is 2. The number of hydrogen-bond donors (Lipinski definition) is 2. The molecule has 2 N–H and O–H groups in total. The van der Waals surface area contributed by atoms with Gasteiger partial charge in [0.2, 0.25) is 5.91 Å². The molecular formula is C19H18N2O2. The topological polar surface area (TPSA) is 62.0 Å². The number of nitrogens with one attached hydrogen (secondary N) is 2. The molecule has 1 amide bonds. The van der Waals surface area contributed by atoms with Crippen LogP contribution in [0.5, 0.6) is 0 Å². The number of anilines is 1. The van der Waals surface area contributed by atoms with Crippen LogP contribution < -0.4 is 5.32 Å². The third-order valence-electron chi connectivity index (χ3n) is 3.84. The van der Waals surface area contributed by atoms with E-state index in [4.69, 9.17) is 0 Å². The Bertz CT molecular complexity index is 876. The van der Waals surface area contributed by atoms with Crippen LogP contribution in [-0.2, 0) is 11.2 Å². The fourth-order valence-electron chi connectivity index (χ4n) is 2.69. The second-order valence-corrected chi connectivity index (χ2v) is 5.67. The van der Waals surface area contributed by atoms with E-state index in [9.17, 15) is 9.59 Å². The van der Waals surface area contributed by atoms with Crippen LogP contribution >= 0.6 is 0 Å². The molecule has 3 aromatic rings. The van der Waals surface area contributed by atoms with Crippen molar-refractivity contribution in [3.8, 4) is 0 Å². The number of amides is 1. The summed E-state index contributed by atoms with van der Waals surface area (Å²) in [5, 5.41) is 3.79. The maximum Gasteiger partial charge on any atom is 0.228 e. The Hall–Kier alpha value is -2.88. The van der Waals surface area contributed by atoms with Crippen molar-refractivity contribution in [2.24, 2.45) is 0 Å². The molecule has 4 heteroatoms. The van der Waals surface area contributed by atoms with E-state index in [0.717, 1.165) is 27.7 Å². The van der Waals surface area contributed by atoms with Crippen molar-refractivity contribution in [3.63, 3.8) is 0 Å². The minimum atomic E-state index is -0.138. The van der Waals surface area contributed by atoms with Crippen LogP contribution in [0.15, 0.2) is 48.5 Å². The zero-order valence-electron chi connectivity index (χ0n) is 13.1. The zero-order valence-corrected chi connectivity index (χ0v) is 13.1. The van der Waals surface area contributed by atoms with E-state index < -0.39 is 0 Å². The summed E-state index contributed by atoms with van der Waals surface area (Å²) in [5.41, 5.74) is 4.02. The van der Waals surface area contributed by atoms with Crippen molar-refractivity contribution in [2.75, 3.05) is 5.32 Å². The van der Waals surface area contributed by atoms with E-state index in [2.05, 4.69) is 10.3 Å². The summed E-state index contributed by atoms with van der Waals surface area (Å²) in [6, 6.07) is 15.3. The van der Waals surface area contributed by atoms with Crippen molar-refractivity contribution in [1.82, 2.24) is 4.98 Å². The van der Waals surface area contributed by atoms with Gasteiger partial charge in [-0.15, -0.1) is 0 Å². The number of carbonyl (C=O) groups is 2. The van der Waals surface area contributed by atoms with Gasteiger partial charge in [-0.05, 0) is 30.7 Å². The normalized spacial score (nSPS) is 10.7. The van der Waals surface area contributed by atoms with Crippen LogP contribution in [0, 0.1) is 6.92 Å². The van der Waals surface area contributed by atoms with E-state index >= 15 is 0 Å². The second-order valence-electron chi connectivity index (χ2n) is 5.67. The van der Waals surface area contributed by atoms with Crippen LogP contribution in [0.2, 0.25) is 0 Å². The summed E-state index contributed by atoms with van der Waals surface area (Å²) in [4.78, 5) is 27.3. The quantitative estimate of drug-likeness (QED) is 0.719. The minimum Gasteiger partial charge on any atom is -0.352 e. The first-order valence-electron chi connectivity index (χ1n) is 7.51. The lowest BCUT2D eigenvalue weighted by molar-refractivity contribution is -0.115. The molecule has 116 valence electrons. The first kappa shape index (κ1) is 15.0. The number of para-hydroxylation sites is 1. The third kappa shape index (κ3) is 3.16. The lowest BCUT2D eigenvalue weighted by Gasteiger charge is -2.06. The summed E-state index contributed by atoms with van der Waals surface area (Å²) in [6.07, 6.45) is 0.160. The zero-order chi connectivity index (χ0) is 16.4. The Kier molecular flexibility index (Phi) is 3.98. The molecule has 0 aliphatic heterocycles. The van der Waals surface area contributed by atoms with E-state index in [1.807, 2.05) is 55.5 Å². The van der Waals surface area contributed by atoms with Crippen molar-refractivity contribution < 1.29 is 9.59 Å². The molecule has 0 fully saturated rings. The number of aromatic amines is 1. The predicted molar refractivity (Wildman–Crippen MR) is 91.8 cm³/mol. The molecule has 0 spiro atoms. The SMILES string of the molecule is CC(=O)c1[nH]c2ccccc2c1CC(=O)Nc1ccc(C)cc1. The molecule has 0 aliphatic rings. The average molecular weight is 306 g/mol. The lowest BCUT2D eigenvalue weighted by atomic mass is 10.1. The van der Waals surface area contributed by atoms with Crippen LogP contribution in [-0.4, -0.2) is 16.7 Å². The number of rotatable bonds is 4. The number of hydrogen-bond acceptors (Lipinski definition) is 2. The highest BCUT2D eigenvalue weighted by atomic mass is 16.1. The number of aromatic nitrogens is 1. The Morgan fingerprint density at radius 2 is 1.74 bits per heavy atom. The first-order valence-corrected chi connectivity index (χ1v) is 7.51. The Labute approximate surface area is 134 Å². The molecule has 0 unspecified atom stereocenters. The standard InChI is InChI=1S/C19H18N2O2/c1-12-7-9-14(10-8-12)20-18(23)11-16-15-5-3-4-6-17(15)21-19(16)13(2)22/h3-10,21H,11H2,1-2H3,(H,20,23). The smallest absolute Gasteiger partial charge is 0.228 e. The highest BCUT2D eigenvalue weighted by Crippen LogP contribution is 2.23. The second kappa shape index (κ2) is 6.08. The van der Waals surface area contributed by atoms with Crippen LogP contribution in [0.25, 0.3) is 10.9 Å². The Morgan fingerprint density at radius 1 is 1.04 bits per heavy atom. The molecule has 0 saturated heterocycles. The largest absolute Gasteiger partial charge is 0.352 e. The van der Waals surface area contributed by atoms with Crippen molar-refractivity contribution in [1.29, 1.82) is 0 Å². The highest BCUT2D eigenvalue weighted by molar-refractivity contribution is 6.04. The van der Waals surface area contributed by atoms with Gasteiger partial charge in [0.25, 0.3) is 0 Å². The van der Waals surface area contributed by atoms with E-state index in [0.29, 0.717) is 5.69 Å². The van der Waals surface area contributed by atoms with Crippen LogP contribution in [0.4, 0.5) is 5.69 Å². The predicted octanol–water partition coefficient (Wildman–Crippen LogP) is 3.86. The summed E-state index contributed by atoms with van der Waals surface area (Å²) in [5.74, 6) is -0.208. The van der Waals surface area contributed by atoms with Gasteiger partial charge < -0.3 is 10.3 Å². The average Bonchev–Trinajstić information content (AvgIpc) is 2.89. The van der Waals surface area contributed by atoms with Crippen LogP contribution in [0.3, 0.4) is 0 Å². The summed E-state index contributed by atoms with van der Waals surface area (Å²) in [7, 11) is 0. The lowest BCUT2D eigenvalue weighted by Crippen LogP contribution is -2.15. The molecule has 3 rings (SSSR count). The Morgan fingerprint density at radius 3 is 2.43 bits per heavy atom. The van der Waals surface area contributed by atoms with Gasteiger partial charge in [0.05, 0.1) is 12.1 Å². The van der Waals surface area contributed by atoms with Crippen molar-refractivity contribution in [3.05, 3.63) is 65.4 Å². The molecule has 0 atom stereocenters. The van der Waals surface area contributed by atoms with Gasteiger partial charge in [0.15, 0.2) is 5.78 Å². The van der Waals surface area contributed by atoms with Gasteiger partial charge in [-0.25, -0.2) is 0 Å². The number of Topliss-reactive ketones (excluding diaryl/α,β-unsaturated/α-hetero) is 1. The Balaban J connectivity index is 1.88. The first-order chi connectivity index (χ1) is 11.0. The molecule has 1 aromatic heterocycles. The molecule has 1 heterocycles. The van der Waals surface area contributed by atoms with E-state index in [-0.39, 0.29) is 18.1 Å². The number of carbonyl (C=O) groups excluding carboxylic acids is 2. The van der Waals surface area contributed by atoms with Gasteiger partial charge in [-0.2, -0.15) is 0 Å². The monoisotopic (exact) mass is 306 g/mol. The van der Waals surface area contributed by atoms with Gasteiger partial charge >= 0.3 is 0 Å². The van der Waals surface area contributed by atoms with E-state index in [1.54, 1.807) is 0 Å². The van der Waals surface area contributed by atoms with Gasteiger partial charge in [0.1, 0.15) is 0 Å². The van der Waals surface area contributed by atoms with Gasteiger partial charge in [-0.3, -0.25) is 9.59 Å². The molecule has 0 radical (unpaired) electrons. The summed E-state index contributed by atoms with van der Waals surface area (Å²) >= 11 is 0. The number of aryl methyl sites for hydroxylation is 1. The number of fused-ring (bicyclic) bond motifs is 1. The molecule has 4 nitrogen and oxygen atoms in total. The fourth-order valence-corrected chi connectivity index (χ4v) is 2.69. The van der Waals surface area contributed by atoms with Gasteiger partial charge in [-0.1, -0.05) is 35.9 Å². The molecule has 2 aromatic carbocycles. The molecule has 0 aliphatic carbocycles. The molecule has 23 heavy (non-hydrogen) atoms. The highest BCUT2D eigenvalue weighted by Gasteiger charge is 2.17. The number of ketones is 1. The molecule has 0 bridgehead atoms. The van der Waals surface area contributed by atoms with Gasteiger partial charge in [0, 0.05) is 23.5 Å². The fraction of sp³-hybridized carbons (Fsp3) is 0.158. The van der Waals surface area contributed by atoms with Crippen molar-refractivity contribution in [2.45, 2.75) is 20.3 Å². The minimum absolute atomic E-state index is 0.0701. The van der Waals surface area contributed by atoms with Crippen molar-refractivity contribution >= 4 is 28.3 Å². The maximum absolute atomic E-state index is 12.3.